The van der Waals surface area contributed by atoms with Crippen molar-refractivity contribution >= 4 is 30.1 Å². The lowest BCUT2D eigenvalue weighted by Gasteiger charge is -2.40. The number of carboxylic acids is 1. The Hall–Kier alpha value is -4.35. The number of carboxylic acid groups (broad SMARTS) is 1. The van der Waals surface area contributed by atoms with E-state index in [-0.39, 0.29) is 17.2 Å². The van der Waals surface area contributed by atoms with Crippen molar-refractivity contribution in [3.8, 4) is 17.2 Å². The molecule has 1 fully saturated rings. The highest BCUT2D eigenvalue weighted by Gasteiger charge is 2.52. The molecule has 2 aromatic carbocycles. The molecule has 1 aliphatic rings. The summed E-state index contributed by atoms with van der Waals surface area (Å²) < 4.78 is 15.5. The van der Waals surface area contributed by atoms with Crippen molar-refractivity contribution in [2.75, 3.05) is 7.11 Å². The van der Waals surface area contributed by atoms with Gasteiger partial charge in [0.05, 0.1) is 13.2 Å². The molecule has 11 nitrogen and oxygen atoms in total. The maximum atomic E-state index is 12.5. The lowest BCUT2D eigenvalue weighted by atomic mass is 9.79. The number of carbonyl (C=O) groups excluding carboxylic acids is 2. The van der Waals surface area contributed by atoms with Crippen molar-refractivity contribution < 1.29 is 54.1 Å². The molecule has 0 heterocycles. The predicted octanol–water partition coefficient (Wildman–Crippen LogP) is 1.63. The molecule has 4 atom stereocenters. The first-order valence-electron chi connectivity index (χ1n) is 11.1. The van der Waals surface area contributed by atoms with Gasteiger partial charge >= 0.3 is 17.9 Å². The minimum absolute atomic E-state index is 0.0410. The molecule has 0 radical (unpaired) electrons. The predicted molar refractivity (Wildman–Crippen MR) is 128 cm³/mol. The molecule has 1 saturated carbocycles. The first kappa shape index (κ1) is 27.2. The summed E-state index contributed by atoms with van der Waals surface area (Å²) in [5, 5.41) is 49.3. The van der Waals surface area contributed by atoms with Crippen LogP contribution < -0.4 is 4.74 Å². The first-order chi connectivity index (χ1) is 17.5. The second-order valence-corrected chi connectivity index (χ2v) is 8.38. The third-order valence-corrected chi connectivity index (χ3v) is 5.67. The van der Waals surface area contributed by atoms with Crippen LogP contribution in [0.4, 0.5) is 0 Å². The van der Waals surface area contributed by atoms with Crippen LogP contribution in [0.15, 0.2) is 54.6 Å². The number of esters is 2. The van der Waals surface area contributed by atoms with Crippen LogP contribution in [0.25, 0.3) is 12.2 Å². The Bertz CT molecular complexity index is 1200. The number of phenols is 2. The van der Waals surface area contributed by atoms with Crippen LogP contribution in [-0.2, 0) is 23.9 Å². The minimum Gasteiger partial charge on any atom is -0.508 e. The normalized spacial score (nSPS) is 23.6. The van der Waals surface area contributed by atoms with Gasteiger partial charge in [0.25, 0.3) is 0 Å². The number of hydrogen-bond acceptors (Lipinski definition) is 10. The number of phenolic OH excluding ortho intramolecular Hbond substituents is 2. The molecule has 0 aromatic heterocycles. The number of aliphatic hydroxyl groups excluding tert-OH is 1. The molecule has 37 heavy (non-hydrogen) atoms. The molecule has 1 aliphatic carbocycles. The van der Waals surface area contributed by atoms with Crippen LogP contribution in [0.3, 0.4) is 0 Å². The van der Waals surface area contributed by atoms with Gasteiger partial charge < -0.3 is 39.7 Å². The summed E-state index contributed by atoms with van der Waals surface area (Å²) in [6, 6.07) is 10.2. The quantitative estimate of drug-likeness (QED) is 0.255. The van der Waals surface area contributed by atoms with Gasteiger partial charge in [-0.1, -0.05) is 18.2 Å². The van der Waals surface area contributed by atoms with Gasteiger partial charge in [-0.2, -0.15) is 0 Å². The Morgan fingerprint density at radius 1 is 0.919 bits per heavy atom. The van der Waals surface area contributed by atoms with Crippen LogP contribution in [0.5, 0.6) is 17.2 Å². The van der Waals surface area contributed by atoms with Crippen LogP contribution in [0.2, 0.25) is 0 Å². The van der Waals surface area contributed by atoms with Gasteiger partial charge in [0.2, 0.25) is 0 Å². The summed E-state index contributed by atoms with van der Waals surface area (Å²) in [6.07, 6.45) is -1.09. The van der Waals surface area contributed by atoms with Gasteiger partial charge in [0, 0.05) is 25.0 Å². The van der Waals surface area contributed by atoms with Crippen molar-refractivity contribution in [3.63, 3.8) is 0 Å². The van der Waals surface area contributed by atoms with Crippen molar-refractivity contribution in [1.82, 2.24) is 0 Å². The zero-order valence-electron chi connectivity index (χ0n) is 19.7. The lowest BCUT2D eigenvalue weighted by Crippen LogP contribution is -2.58. The van der Waals surface area contributed by atoms with E-state index in [1.54, 1.807) is 12.1 Å². The van der Waals surface area contributed by atoms with E-state index in [9.17, 15) is 39.9 Å². The Morgan fingerprint density at radius 2 is 1.51 bits per heavy atom. The zero-order chi connectivity index (χ0) is 27.2. The van der Waals surface area contributed by atoms with Crippen molar-refractivity contribution in [2.45, 2.75) is 36.8 Å². The monoisotopic (exact) mass is 514 g/mol. The number of aliphatic carboxylic acids is 1. The van der Waals surface area contributed by atoms with Crippen molar-refractivity contribution in [1.29, 1.82) is 0 Å². The van der Waals surface area contributed by atoms with E-state index in [0.29, 0.717) is 11.1 Å². The summed E-state index contributed by atoms with van der Waals surface area (Å²) in [4.78, 5) is 36.5. The smallest absolute Gasteiger partial charge is 0.335 e. The molecule has 0 unspecified atom stereocenters. The van der Waals surface area contributed by atoms with E-state index in [0.717, 1.165) is 12.2 Å². The van der Waals surface area contributed by atoms with Gasteiger partial charge in [-0.25, -0.2) is 14.4 Å². The second kappa shape index (κ2) is 11.6. The molecule has 0 spiro atoms. The molecule has 196 valence electrons. The highest BCUT2D eigenvalue weighted by atomic mass is 16.6. The topological polar surface area (TPSA) is 180 Å². The number of rotatable bonds is 8. The average molecular weight is 514 g/mol. The SMILES string of the molecule is COc1cc(/C=C/C(=O)O[C@H]2C[C@@](O)(C(=O)O)C[C@H](O)[C@@H]2OC(=O)/C=C/c2ccc(O)cc2)ccc1O. The number of methoxy groups -OCH3 is 1. The third-order valence-electron chi connectivity index (χ3n) is 5.67. The Labute approximate surface area is 211 Å². The summed E-state index contributed by atoms with van der Waals surface area (Å²) in [7, 11) is 1.36. The Balaban J connectivity index is 1.75. The average Bonchev–Trinajstić information content (AvgIpc) is 2.85. The van der Waals surface area contributed by atoms with E-state index < -0.39 is 54.7 Å². The van der Waals surface area contributed by atoms with Crippen LogP contribution in [-0.4, -0.2) is 74.5 Å². The van der Waals surface area contributed by atoms with Gasteiger partial charge in [0.1, 0.15) is 11.9 Å². The molecule has 0 saturated heterocycles. The van der Waals surface area contributed by atoms with Gasteiger partial charge in [-0.3, -0.25) is 0 Å². The van der Waals surface area contributed by atoms with Crippen LogP contribution >= 0.6 is 0 Å². The Kier molecular flexibility index (Phi) is 8.53. The van der Waals surface area contributed by atoms with Crippen LogP contribution in [0.1, 0.15) is 24.0 Å². The fourth-order valence-electron chi connectivity index (χ4n) is 3.75. The highest BCUT2D eigenvalue weighted by molar-refractivity contribution is 5.88. The largest absolute Gasteiger partial charge is 0.508 e. The second-order valence-electron chi connectivity index (χ2n) is 8.38. The number of ether oxygens (including phenoxy) is 3. The van der Waals surface area contributed by atoms with E-state index in [1.165, 1.54) is 49.6 Å². The molecular formula is C26H26O11. The van der Waals surface area contributed by atoms with Crippen molar-refractivity contribution in [3.05, 3.63) is 65.7 Å². The number of aliphatic hydroxyl groups is 2. The van der Waals surface area contributed by atoms with Crippen LogP contribution in [0, 0.1) is 0 Å². The van der Waals surface area contributed by atoms with E-state index in [2.05, 4.69) is 0 Å². The molecule has 0 amide bonds. The van der Waals surface area contributed by atoms with E-state index >= 15 is 0 Å². The minimum atomic E-state index is -2.41. The first-order valence-corrected chi connectivity index (χ1v) is 11.1. The van der Waals surface area contributed by atoms with Gasteiger partial charge in [-0.05, 0) is 47.5 Å². The summed E-state index contributed by atoms with van der Waals surface area (Å²) in [6.45, 7) is 0. The molecule has 0 bridgehead atoms. The molecular weight excluding hydrogens is 488 g/mol. The van der Waals surface area contributed by atoms with E-state index in [4.69, 9.17) is 14.2 Å². The molecule has 5 N–H and O–H groups in total. The number of carbonyl (C=O) groups is 3. The zero-order valence-corrected chi connectivity index (χ0v) is 19.7. The third kappa shape index (κ3) is 7.09. The fraction of sp³-hybridized carbons (Fsp3) is 0.269. The summed E-state index contributed by atoms with van der Waals surface area (Å²) in [5.74, 6) is -3.39. The highest BCUT2D eigenvalue weighted by Crippen LogP contribution is 2.33. The van der Waals surface area contributed by atoms with Gasteiger partial charge in [0.15, 0.2) is 23.2 Å². The number of aromatic hydroxyl groups is 2. The van der Waals surface area contributed by atoms with Gasteiger partial charge in [-0.15, -0.1) is 0 Å². The molecule has 11 heteroatoms. The molecule has 3 rings (SSSR count). The summed E-state index contributed by atoms with van der Waals surface area (Å²) >= 11 is 0. The van der Waals surface area contributed by atoms with Crippen molar-refractivity contribution in [2.24, 2.45) is 0 Å². The standard InChI is InChI=1S/C26H26O11/c1-35-20-12-16(4-9-18(20)28)6-11-22(30)36-21-14-26(34,25(32)33)13-19(29)24(21)37-23(31)10-5-15-2-7-17(27)8-3-15/h2-12,19,21,24,27-29,34H,13-14H2,1H3,(H,32,33)/b10-5+,11-6+/t19-,21-,24-,26+/m0/s1. The summed E-state index contributed by atoms with van der Waals surface area (Å²) in [5.41, 5.74) is -1.37. The molecule has 2 aromatic rings. The lowest BCUT2D eigenvalue weighted by molar-refractivity contribution is -0.204. The maximum Gasteiger partial charge on any atom is 0.335 e. The Morgan fingerprint density at radius 3 is 2.14 bits per heavy atom. The number of benzene rings is 2. The fourth-order valence-corrected chi connectivity index (χ4v) is 3.75. The number of hydrogen-bond donors (Lipinski definition) is 5. The maximum absolute atomic E-state index is 12.5. The molecule has 0 aliphatic heterocycles. The van der Waals surface area contributed by atoms with E-state index in [1.807, 2.05) is 0 Å².